The van der Waals surface area contributed by atoms with Crippen LogP contribution < -0.4 is 10.5 Å². The number of nitrogens with two attached hydrogens (primary N) is 1. The average Bonchev–Trinajstić information content (AvgIpc) is 3.05. The van der Waals surface area contributed by atoms with Crippen LogP contribution in [0.1, 0.15) is 5.56 Å². The van der Waals surface area contributed by atoms with Crippen molar-refractivity contribution in [3.63, 3.8) is 0 Å². The topological polar surface area (TPSA) is 66.0 Å². The molecule has 124 valence electrons. The molecule has 5 nitrogen and oxygen atoms in total. The van der Waals surface area contributed by atoms with Crippen LogP contribution in [-0.4, -0.2) is 14.5 Å². The van der Waals surface area contributed by atoms with Gasteiger partial charge in [-0.3, -0.25) is 4.57 Å². The van der Waals surface area contributed by atoms with Gasteiger partial charge in [0.05, 0.1) is 5.52 Å². The summed E-state index contributed by atoms with van der Waals surface area (Å²) in [6, 6.07) is 17.4. The maximum absolute atomic E-state index is 6.06. The molecule has 0 atom stereocenters. The van der Waals surface area contributed by atoms with E-state index in [9.17, 15) is 0 Å². The molecule has 4 rings (SSSR count). The third kappa shape index (κ3) is 3.14. The van der Waals surface area contributed by atoms with E-state index in [0.29, 0.717) is 17.4 Å². The van der Waals surface area contributed by atoms with E-state index in [1.165, 1.54) is 0 Å². The molecular weight excluding hydrogens is 336 g/mol. The van der Waals surface area contributed by atoms with E-state index in [0.717, 1.165) is 22.2 Å². The van der Waals surface area contributed by atoms with Gasteiger partial charge in [-0.25, -0.2) is 4.98 Å². The zero-order valence-electron chi connectivity index (χ0n) is 13.3. The molecule has 0 bridgehead atoms. The summed E-state index contributed by atoms with van der Waals surface area (Å²) >= 11 is 6.04. The van der Waals surface area contributed by atoms with Gasteiger partial charge in [0.25, 0.3) is 0 Å². The van der Waals surface area contributed by atoms with Crippen LogP contribution in [0.15, 0.2) is 67.0 Å². The van der Waals surface area contributed by atoms with Gasteiger partial charge in [0, 0.05) is 22.8 Å². The molecule has 0 amide bonds. The lowest BCUT2D eigenvalue weighted by Gasteiger charge is -2.11. The van der Waals surface area contributed by atoms with Crippen molar-refractivity contribution in [1.29, 1.82) is 0 Å². The molecule has 25 heavy (non-hydrogen) atoms. The van der Waals surface area contributed by atoms with Crippen LogP contribution in [0.25, 0.3) is 16.7 Å². The van der Waals surface area contributed by atoms with E-state index in [4.69, 9.17) is 22.1 Å². The molecule has 6 heteroatoms. The SMILES string of the molecule is Nc1nccc(-n2ccc3cccc(OCc4cccc(Cl)c4)c32)n1. The molecule has 0 saturated carbocycles. The zero-order chi connectivity index (χ0) is 17.2. The quantitative estimate of drug-likeness (QED) is 0.598. The van der Waals surface area contributed by atoms with E-state index >= 15 is 0 Å². The number of anilines is 1. The predicted octanol–water partition coefficient (Wildman–Crippen LogP) is 4.24. The Hall–Kier alpha value is -3.05. The summed E-state index contributed by atoms with van der Waals surface area (Å²) in [7, 11) is 0. The minimum absolute atomic E-state index is 0.233. The minimum Gasteiger partial charge on any atom is -0.487 e. The lowest BCUT2D eigenvalue weighted by atomic mass is 10.2. The smallest absolute Gasteiger partial charge is 0.221 e. The number of benzene rings is 2. The van der Waals surface area contributed by atoms with E-state index in [-0.39, 0.29) is 5.95 Å². The number of ether oxygens (including phenoxy) is 1. The number of para-hydroxylation sites is 1. The van der Waals surface area contributed by atoms with Crippen molar-refractivity contribution < 1.29 is 4.74 Å². The summed E-state index contributed by atoms with van der Waals surface area (Å²) in [6.45, 7) is 0.427. The van der Waals surface area contributed by atoms with E-state index in [1.807, 2.05) is 65.4 Å². The van der Waals surface area contributed by atoms with Gasteiger partial charge in [-0.15, -0.1) is 0 Å². The normalized spacial score (nSPS) is 10.9. The molecule has 0 aliphatic heterocycles. The molecule has 2 aromatic heterocycles. The highest BCUT2D eigenvalue weighted by atomic mass is 35.5. The largest absolute Gasteiger partial charge is 0.487 e. The summed E-state index contributed by atoms with van der Waals surface area (Å²) in [5.41, 5.74) is 7.66. The van der Waals surface area contributed by atoms with E-state index < -0.39 is 0 Å². The molecular formula is C19H15ClN4O. The average molecular weight is 351 g/mol. The monoisotopic (exact) mass is 350 g/mol. The van der Waals surface area contributed by atoms with Crippen LogP contribution in [0, 0.1) is 0 Å². The number of aromatic nitrogens is 3. The van der Waals surface area contributed by atoms with Gasteiger partial charge >= 0.3 is 0 Å². The lowest BCUT2D eigenvalue weighted by molar-refractivity contribution is 0.309. The van der Waals surface area contributed by atoms with Crippen molar-refractivity contribution in [2.45, 2.75) is 6.61 Å². The molecule has 0 aliphatic rings. The number of rotatable bonds is 4. The fourth-order valence-electron chi connectivity index (χ4n) is 2.75. The maximum atomic E-state index is 6.06. The first-order valence-electron chi connectivity index (χ1n) is 7.77. The third-order valence-corrected chi connectivity index (χ3v) is 4.10. The van der Waals surface area contributed by atoms with Gasteiger partial charge in [0.15, 0.2) is 0 Å². The fraction of sp³-hybridized carbons (Fsp3) is 0.0526. The Morgan fingerprint density at radius 3 is 2.80 bits per heavy atom. The summed E-state index contributed by atoms with van der Waals surface area (Å²) in [5, 5.41) is 1.75. The van der Waals surface area contributed by atoms with Gasteiger partial charge in [-0.2, -0.15) is 4.98 Å². The van der Waals surface area contributed by atoms with Crippen molar-refractivity contribution in [3.8, 4) is 11.6 Å². The van der Waals surface area contributed by atoms with Crippen LogP contribution in [0.3, 0.4) is 0 Å². The highest BCUT2D eigenvalue weighted by Crippen LogP contribution is 2.29. The van der Waals surface area contributed by atoms with Crippen LogP contribution in [-0.2, 0) is 6.61 Å². The Labute approximate surface area is 149 Å². The van der Waals surface area contributed by atoms with Crippen molar-refractivity contribution in [2.75, 3.05) is 5.73 Å². The van der Waals surface area contributed by atoms with Crippen molar-refractivity contribution in [3.05, 3.63) is 77.6 Å². The number of nitrogens with zero attached hydrogens (tertiary/aromatic N) is 3. The number of nitrogen functional groups attached to an aromatic ring is 1. The molecule has 2 heterocycles. The lowest BCUT2D eigenvalue weighted by Crippen LogP contribution is -2.02. The molecule has 0 radical (unpaired) electrons. The summed E-state index contributed by atoms with van der Waals surface area (Å²) in [5.74, 6) is 1.69. The summed E-state index contributed by atoms with van der Waals surface area (Å²) in [6.07, 6.45) is 3.58. The molecule has 0 fully saturated rings. The first-order chi connectivity index (χ1) is 12.2. The van der Waals surface area contributed by atoms with Gasteiger partial charge in [-0.05, 0) is 35.9 Å². The number of hydrogen-bond donors (Lipinski definition) is 1. The summed E-state index contributed by atoms with van der Waals surface area (Å²) in [4.78, 5) is 8.24. The molecule has 0 aliphatic carbocycles. The number of halogens is 1. The second-order valence-corrected chi connectivity index (χ2v) is 6.01. The molecule has 0 saturated heterocycles. The maximum Gasteiger partial charge on any atom is 0.221 e. The van der Waals surface area contributed by atoms with Crippen molar-refractivity contribution in [2.24, 2.45) is 0 Å². The fourth-order valence-corrected chi connectivity index (χ4v) is 2.97. The molecule has 0 unspecified atom stereocenters. The first-order valence-corrected chi connectivity index (χ1v) is 8.15. The number of hydrogen-bond acceptors (Lipinski definition) is 4. The molecule has 4 aromatic rings. The van der Waals surface area contributed by atoms with Gasteiger partial charge in [0.2, 0.25) is 5.95 Å². The Morgan fingerprint density at radius 2 is 1.96 bits per heavy atom. The van der Waals surface area contributed by atoms with Crippen LogP contribution in [0.5, 0.6) is 5.75 Å². The standard InChI is InChI=1S/C19H15ClN4O/c20-15-5-1-3-13(11-15)12-25-16-6-2-4-14-8-10-24(18(14)16)17-7-9-22-19(21)23-17/h1-11H,12H2,(H2,21,22,23). The Bertz CT molecular complexity index is 1040. The highest BCUT2D eigenvalue weighted by Gasteiger charge is 2.11. The van der Waals surface area contributed by atoms with Crippen molar-refractivity contribution in [1.82, 2.24) is 14.5 Å². The predicted molar refractivity (Wildman–Crippen MR) is 99.1 cm³/mol. The van der Waals surface area contributed by atoms with Gasteiger partial charge in [-0.1, -0.05) is 35.9 Å². The Kier molecular flexibility index (Phi) is 3.99. The minimum atomic E-state index is 0.233. The molecule has 2 N–H and O–H groups in total. The zero-order valence-corrected chi connectivity index (χ0v) is 14.0. The van der Waals surface area contributed by atoms with E-state index in [1.54, 1.807) is 6.20 Å². The summed E-state index contributed by atoms with van der Waals surface area (Å²) < 4.78 is 8.00. The third-order valence-electron chi connectivity index (χ3n) is 3.86. The van der Waals surface area contributed by atoms with Crippen molar-refractivity contribution >= 4 is 28.5 Å². The van der Waals surface area contributed by atoms with Crippen LogP contribution in [0.2, 0.25) is 5.02 Å². The molecule has 0 spiro atoms. The molecule has 2 aromatic carbocycles. The first kappa shape index (κ1) is 15.5. The Morgan fingerprint density at radius 1 is 1.08 bits per heavy atom. The second kappa shape index (κ2) is 6.45. The van der Waals surface area contributed by atoms with Crippen LogP contribution in [0.4, 0.5) is 5.95 Å². The highest BCUT2D eigenvalue weighted by molar-refractivity contribution is 6.30. The van der Waals surface area contributed by atoms with E-state index in [2.05, 4.69) is 9.97 Å². The number of fused-ring (bicyclic) bond motifs is 1. The van der Waals surface area contributed by atoms with Gasteiger partial charge < -0.3 is 10.5 Å². The van der Waals surface area contributed by atoms with Crippen LogP contribution >= 0.6 is 11.6 Å². The second-order valence-electron chi connectivity index (χ2n) is 5.57. The Balaban J connectivity index is 1.73. The van der Waals surface area contributed by atoms with Gasteiger partial charge in [0.1, 0.15) is 18.2 Å².